The van der Waals surface area contributed by atoms with Crippen LogP contribution in [0.3, 0.4) is 0 Å². The van der Waals surface area contributed by atoms with Gasteiger partial charge in [0.2, 0.25) is 0 Å². The van der Waals surface area contributed by atoms with Crippen molar-refractivity contribution in [1.82, 2.24) is 0 Å². The molecule has 0 spiro atoms. The fourth-order valence-electron chi connectivity index (χ4n) is 6.99. The molecule has 8 atom stereocenters. The van der Waals surface area contributed by atoms with E-state index >= 15 is 8.78 Å². The van der Waals surface area contributed by atoms with E-state index in [2.05, 4.69) is 0 Å². The molecule has 0 N–H and O–H groups in total. The summed E-state index contributed by atoms with van der Waals surface area (Å²) < 4.78 is 63.9. The molecule has 0 heterocycles. The Morgan fingerprint density at radius 1 is 0.581 bits per heavy atom. The summed E-state index contributed by atoms with van der Waals surface area (Å²) in [6, 6.07) is 0. The molecule has 4 rings (SSSR count). The highest BCUT2D eigenvalue weighted by atomic mass is 127. The van der Waals surface area contributed by atoms with Crippen molar-refractivity contribution in [3.8, 4) is 0 Å². The molecule has 4 saturated carbocycles. The van der Waals surface area contributed by atoms with Crippen LogP contribution >= 0.6 is 22.6 Å². The number of alkyl halides is 5. The van der Waals surface area contributed by atoms with E-state index in [-0.39, 0.29) is 21.7 Å². The fourth-order valence-corrected chi connectivity index (χ4v) is 7.75. The number of halogens is 5. The van der Waals surface area contributed by atoms with Gasteiger partial charge in [-0.15, -0.1) is 0 Å². The summed E-state index contributed by atoms with van der Waals surface area (Å²) in [6.07, 6.45) is 6.15. The first-order valence-corrected chi connectivity index (χ1v) is 14.0. The van der Waals surface area contributed by atoms with E-state index < -0.39 is 30.8 Å². The molecule has 0 radical (unpaired) electrons. The lowest BCUT2D eigenvalue weighted by atomic mass is 9.64. The van der Waals surface area contributed by atoms with Gasteiger partial charge < -0.3 is 4.74 Å². The van der Waals surface area contributed by atoms with Crippen LogP contribution in [0.5, 0.6) is 0 Å². The molecule has 0 aromatic carbocycles. The molecular formula is C25H39F4IO. The summed E-state index contributed by atoms with van der Waals surface area (Å²) in [5.74, 6) is 0.772. The van der Waals surface area contributed by atoms with Crippen molar-refractivity contribution < 1.29 is 22.3 Å². The van der Waals surface area contributed by atoms with Crippen molar-refractivity contribution in [1.29, 1.82) is 0 Å². The van der Waals surface area contributed by atoms with Crippen LogP contribution in [0, 0.1) is 29.6 Å². The van der Waals surface area contributed by atoms with Crippen molar-refractivity contribution in [2.75, 3.05) is 6.61 Å². The van der Waals surface area contributed by atoms with Gasteiger partial charge in [0.25, 0.3) is 0 Å². The molecule has 180 valence electrons. The summed E-state index contributed by atoms with van der Waals surface area (Å²) >= 11 is 1.99. The second-order valence-electron chi connectivity index (χ2n) is 10.8. The molecule has 0 aliphatic heterocycles. The van der Waals surface area contributed by atoms with E-state index in [1.807, 2.05) is 22.6 Å². The molecule has 4 aliphatic carbocycles. The summed E-state index contributed by atoms with van der Waals surface area (Å²) in [7, 11) is 0. The van der Waals surface area contributed by atoms with E-state index in [0.29, 0.717) is 31.3 Å². The molecule has 6 heteroatoms. The molecule has 4 aliphatic rings. The minimum atomic E-state index is -1.53. The zero-order chi connectivity index (χ0) is 22.0. The minimum absolute atomic E-state index is 0.0677. The number of hydrogen-bond donors (Lipinski definition) is 0. The van der Waals surface area contributed by atoms with Crippen LogP contribution in [-0.4, -0.2) is 41.3 Å². The summed E-state index contributed by atoms with van der Waals surface area (Å²) in [5.41, 5.74) is 0. The lowest BCUT2D eigenvalue weighted by molar-refractivity contribution is -0.0710. The van der Waals surface area contributed by atoms with E-state index in [1.54, 1.807) is 0 Å². The van der Waals surface area contributed by atoms with Gasteiger partial charge in [0, 0.05) is 10.5 Å². The van der Waals surface area contributed by atoms with Gasteiger partial charge in [0.1, 0.15) is 18.5 Å². The van der Waals surface area contributed by atoms with Gasteiger partial charge in [0.15, 0.2) is 6.17 Å². The van der Waals surface area contributed by atoms with E-state index in [9.17, 15) is 8.78 Å². The van der Waals surface area contributed by atoms with Gasteiger partial charge in [-0.2, -0.15) is 0 Å². The van der Waals surface area contributed by atoms with Crippen LogP contribution in [0.15, 0.2) is 0 Å². The quantitative estimate of drug-likeness (QED) is 0.191. The van der Waals surface area contributed by atoms with Crippen LogP contribution in [0.25, 0.3) is 0 Å². The van der Waals surface area contributed by atoms with E-state index in [1.165, 1.54) is 19.3 Å². The second kappa shape index (κ2) is 11.2. The van der Waals surface area contributed by atoms with E-state index in [4.69, 9.17) is 4.74 Å². The van der Waals surface area contributed by atoms with Gasteiger partial charge in [-0.1, -0.05) is 54.7 Å². The van der Waals surface area contributed by atoms with Gasteiger partial charge in [-0.3, -0.25) is 0 Å². The monoisotopic (exact) mass is 558 g/mol. The summed E-state index contributed by atoms with van der Waals surface area (Å²) in [6.45, 7) is 0.468. The molecule has 0 aromatic heterocycles. The highest BCUT2D eigenvalue weighted by molar-refractivity contribution is 14.1. The van der Waals surface area contributed by atoms with Gasteiger partial charge >= 0.3 is 0 Å². The lowest BCUT2D eigenvalue weighted by Crippen LogP contribution is -2.45. The van der Waals surface area contributed by atoms with Crippen molar-refractivity contribution in [2.24, 2.45) is 29.6 Å². The molecule has 1 nitrogen and oxygen atoms in total. The number of rotatable bonds is 5. The van der Waals surface area contributed by atoms with Gasteiger partial charge in [-0.25, -0.2) is 17.6 Å². The second-order valence-corrected chi connectivity index (χ2v) is 12.4. The topological polar surface area (TPSA) is 9.23 Å². The Balaban J connectivity index is 1.21. The smallest absolute Gasteiger partial charge is 0.158 e. The molecule has 0 aromatic rings. The number of ether oxygens (including phenoxy) is 1. The standard InChI is InChI=1S/C25H39F4IO/c26-22-18(16-4-2-1-3-5-16)10-11-19(23(22)27)17-8-6-15(7-9-17)14-31-21-13-12-20(30)24(28)25(21)29/h15-25H,1-14H2/t15?,17?,18?,19?,20?,21?,22?,23-,24?,25?/m0/s1. The molecular weight excluding hydrogens is 519 g/mol. The third kappa shape index (κ3) is 5.74. The molecule has 0 saturated heterocycles. The highest BCUT2D eigenvalue weighted by Crippen LogP contribution is 2.47. The van der Waals surface area contributed by atoms with Crippen LogP contribution in [0.1, 0.15) is 83.5 Å². The van der Waals surface area contributed by atoms with Gasteiger partial charge in [0.05, 0.1) is 6.10 Å². The molecule has 4 fully saturated rings. The Kier molecular flexibility index (Phi) is 8.88. The van der Waals surface area contributed by atoms with Crippen molar-refractivity contribution >= 4 is 22.6 Å². The van der Waals surface area contributed by atoms with E-state index in [0.717, 1.165) is 51.4 Å². The normalized spacial score (nSPS) is 47.9. The Labute approximate surface area is 199 Å². The first-order valence-electron chi connectivity index (χ1n) is 12.8. The third-order valence-corrected chi connectivity index (χ3v) is 10.3. The zero-order valence-corrected chi connectivity index (χ0v) is 20.7. The summed E-state index contributed by atoms with van der Waals surface area (Å²) in [4.78, 5) is 0. The maximum Gasteiger partial charge on any atom is 0.158 e. The van der Waals surface area contributed by atoms with Crippen molar-refractivity contribution in [3.63, 3.8) is 0 Å². The minimum Gasteiger partial charge on any atom is -0.375 e. The molecule has 0 amide bonds. The van der Waals surface area contributed by atoms with Crippen LogP contribution in [0.4, 0.5) is 17.6 Å². The van der Waals surface area contributed by atoms with Crippen LogP contribution in [0.2, 0.25) is 0 Å². The van der Waals surface area contributed by atoms with Gasteiger partial charge in [-0.05, 0) is 81.0 Å². The SMILES string of the molecule is FC1C(I)CCC(OCC2CCC(C3CCC(C4CCCCC4)C(F)[C@H]3F)CC2)C1F. The van der Waals surface area contributed by atoms with Crippen molar-refractivity contribution in [3.05, 3.63) is 0 Å². The largest absolute Gasteiger partial charge is 0.375 e. The predicted octanol–water partition coefficient (Wildman–Crippen LogP) is 7.73. The molecule has 7 unspecified atom stereocenters. The first-order chi connectivity index (χ1) is 15.0. The Morgan fingerprint density at radius 3 is 1.77 bits per heavy atom. The fraction of sp³-hybridized carbons (Fsp3) is 1.00. The zero-order valence-electron chi connectivity index (χ0n) is 18.5. The average Bonchev–Trinajstić information content (AvgIpc) is 2.80. The maximum atomic E-state index is 15.2. The average molecular weight is 558 g/mol. The van der Waals surface area contributed by atoms with Crippen molar-refractivity contribution in [2.45, 2.75) is 118 Å². The highest BCUT2D eigenvalue weighted by Gasteiger charge is 2.46. The van der Waals surface area contributed by atoms with Crippen LogP contribution < -0.4 is 0 Å². The Morgan fingerprint density at radius 2 is 1.16 bits per heavy atom. The van der Waals surface area contributed by atoms with Crippen LogP contribution in [-0.2, 0) is 4.74 Å². The predicted molar refractivity (Wildman–Crippen MR) is 125 cm³/mol. The Bertz CT molecular complexity index is 552. The molecule has 31 heavy (non-hydrogen) atoms. The third-order valence-electron chi connectivity index (χ3n) is 8.99. The number of hydrogen-bond acceptors (Lipinski definition) is 1. The summed E-state index contributed by atoms with van der Waals surface area (Å²) in [5, 5.41) is 0. The Hall–Kier alpha value is 0.410. The lowest BCUT2D eigenvalue weighted by Gasteiger charge is -2.44. The maximum absolute atomic E-state index is 15.2. The molecule has 0 bridgehead atoms. The first kappa shape index (κ1) is 24.5.